The van der Waals surface area contributed by atoms with Gasteiger partial charge in [0.25, 0.3) is 0 Å². The molecule has 2 aromatic rings. The number of likely N-dealkylation sites (tertiary alicyclic amines) is 1. The second-order valence-electron chi connectivity index (χ2n) is 8.24. The van der Waals surface area contributed by atoms with Crippen molar-refractivity contribution in [2.45, 2.75) is 49.7 Å². The van der Waals surface area contributed by atoms with E-state index in [1.54, 1.807) is 4.90 Å². The summed E-state index contributed by atoms with van der Waals surface area (Å²) in [4.78, 5) is 14.7. The van der Waals surface area contributed by atoms with Crippen LogP contribution in [0.3, 0.4) is 0 Å². The lowest BCUT2D eigenvalue weighted by Crippen LogP contribution is -2.51. The second kappa shape index (κ2) is 12.3. The SMILES string of the molecule is Cc1ccc(S)cc1.O=C(OCCCc1cc(F)ccc1F)N1CCC2(CC1)OCCCO2. The minimum Gasteiger partial charge on any atom is -0.449 e. The molecule has 8 heteroatoms. The van der Waals surface area contributed by atoms with E-state index in [4.69, 9.17) is 14.2 Å². The van der Waals surface area contributed by atoms with Crippen LogP contribution in [0.15, 0.2) is 47.4 Å². The molecule has 2 aliphatic rings. The van der Waals surface area contributed by atoms with Crippen LogP contribution in [0.5, 0.6) is 0 Å². The van der Waals surface area contributed by atoms with Crippen molar-refractivity contribution in [2.75, 3.05) is 32.9 Å². The molecular weight excluding hydrogens is 448 g/mol. The first-order valence-corrected chi connectivity index (χ1v) is 11.7. The molecule has 2 aromatic carbocycles. The van der Waals surface area contributed by atoms with Crippen molar-refractivity contribution in [1.82, 2.24) is 4.90 Å². The molecule has 0 bridgehead atoms. The fourth-order valence-corrected chi connectivity index (χ4v) is 3.88. The number of hydrogen-bond donors (Lipinski definition) is 1. The standard InChI is InChI=1S/C18H23F2NO4.C7H8S/c19-15-4-5-16(20)14(13-15)3-1-10-23-17(22)21-8-6-18(7-9-21)24-11-2-12-25-18;1-6-2-4-7(8)5-3-6/h4-5,13H,1-3,6-12H2;2-5,8H,1H3. The summed E-state index contributed by atoms with van der Waals surface area (Å²) in [6.07, 6.45) is 2.55. The lowest BCUT2D eigenvalue weighted by atomic mass is 10.0. The number of rotatable bonds is 4. The Balaban J connectivity index is 0.000000323. The van der Waals surface area contributed by atoms with E-state index in [0.717, 1.165) is 23.4 Å². The maximum Gasteiger partial charge on any atom is 0.409 e. The molecule has 1 amide bonds. The van der Waals surface area contributed by atoms with Crippen molar-refractivity contribution in [3.63, 3.8) is 0 Å². The first-order chi connectivity index (χ1) is 15.9. The van der Waals surface area contributed by atoms with Gasteiger partial charge in [0.2, 0.25) is 0 Å². The summed E-state index contributed by atoms with van der Waals surface area (Å²) < 4.78 is 43.3. The summed E-state index contributed by atoms with van der Waals surface area (Å²) in [6, 6.07) is 11.4. The number of thiol groups is 1. The van der Waals surface area contributed by atoms with Gasteiger partial charge in [0, 0.05) is 30.8 Å². The highest BCUT2D eigenvalue weighted by atomic mass is 32.1. The highest BCUT2D eigenvalue weighted by Crippen LogP contribution is 2.30. The lowest BCUT2D eigenvalue weighted by molar-refractivity contribution is -0.282. The molecule has 5 nitrogen and oxygen atoms in total. The van der Waals surface area contributed by atoms with Crippen molar-refractivity contribution < 1.29 is 27.8 Å². The number of carbonyl (C=O) groups is 1. The number of halogens is 2. The van der Waals surface area contributed by atoms with E-state index in [1.807, 2.05) is 24.3 Å². The van der Waals surface area contributed by atoms with E-state index >= 15 is 0 Å². The summed E-state index contributed by atoms with van der Waals surface area (Å²) >= 11 is 4.13. The Morgan fingerprint density at radius 1 is 1.09 bits per heavy atom. The van der Waals surface area contributed by atoms with Gasteiger partial charge in [-0.15, -0.1) is 12.6 Å². The van der Waals surface area contributed by atoms with Crippen LogP contribution >= 0.6 is 12.6 Å². The van der Waals surface area contributed by atoms with Gasteiger partial charge >= 0.3 is 6.09 Å². The summed E-state index contributed by atoms with van der Waals surface area (Å²) in [7, 11) is 0. The Labute approximate surface area is 199 Å². The second-order valence-corrected chi connectivity index (χ2v) is 8.75. The zero-order valence-electron chi connectivity index (χ0n) is 18.9. The molecule has 0 aromatic heterocycles. The maximum atomic E-state index is 13.5. The van der Waals surface area contributed by atoms with Gasteiger partial charge in [0.05, 0.1) is 19.8 Å². The first kappa shape index (κ1) is 25.5. The molecular formula is C25H31F2NO4S. The molecule has 0 unspecified atom stereocenters. The maximum absolute atomic E-state index is 13.5. The molecule has 33 heavy (non-hydrogen) atoms. The van der Waals surface area contributed by atoms with Crippen molar-refractivity contribution in [3.05, 3.63) is 65.2 Å². The summed E-state index contributed by atoms with van der Waals surface area (Å²) in [5, 5.41) is 0. The quantitative estimate of drug-likeness (QED) is 0.462. The van der Waals surface area contributed by atoms with E-state index in [1.165, 1.54) is 11.6 Å². The molecule has 2 heterocycles. The molecule has 4 rings (SSSR count). The van der Waals surface area contributed by atoms with E-state index in [9.17, 15) is 13.6 Å². The van der Waals surface area contributed by atoms with Gasteiger partial charge in [-0.25, -0.2) is 13.6 Å². The van der Waals surface area contributed by atoms with E-state index in [0.29, 0.717) is 57.6 Å². The monoisotopic (exact) mass is 479 g/mol. The average Bonchev–Trinajstić information content (AvgIpc) is 2.82. The Kier molecular flexibility index (Phi) is 9.52. The fourth-order valence-electron chi connectivity index (χ4n) is 3.73. The van der Waals surface area contributed by atoms with Crippen LogP contribution in [-0.4, -0.2) is 49.7 Å². The number of amides is 1. The predicted molar refractivity (Wildman–Crippen MR) is 125 cm³/mol. The Morgan fingerprint density at radius 3 is 2.39 bits per heavy atom. The van der Waals surface area contributed by atoms with Crippen LogP contribution in [0.2, 0.25) is 0 Å². The minimum absolute atomic E-state index is 0.170. The topological polar surface area (TPSA) is 48.0 Å². The first-order valence-electron chi connectivity index (χ1n) is 11.3. The zero-order chi connectivity index (χ0) is 23.7. The van der Waals surface area contributed by atoms with Crippen LogP contribution in [-0.2, 0) is 20.6 Å². The number of ether oxygens (including phenoxy) is 3. The largest absolute Gasteiger partial charge is 0.449 e. The molecule has 0 saturated carbocycles. The average molecular weight is 480 g/mol. The van der Waals surface area contributed by atoms with Gasteiger partial charge in [0.1, 0.15) is 11.6 Å². The number of benzene rings is 2. The molecule has 0 aliphatic carbocycles. The van der Waals surface area contributed by atoms with E-state index < -0.39 is 17.4 Å². The van der Waals surface area contributed by atoms with Gasteiger partial charge in [0.15, 0.2) is 5.79 Å². The minimum atomic E-state index is -0.538. The molecule has 180 valence electrons. The lowest BCUT2D eigenvalue weighted by Gasteiger charge is -2.42. The van der Waals surface area contributed by atoms with Gasteiger partial charge < -0.3 is 19.1 Å². The third-order valence-corrected chi connectivity index (χ3v) is 5.96. The number of hydrogen-bond acceptors (Lipinski definition) is 5. The zero-order valence-corrected chi connectivity index (χ0v) is 19.8. The summed E-state index contributed by atoms with van der Waals surface area (Å²) in [5.74, 6) is -1.45. The van der Waals surface area contributed by atoms with Crippen molar-refractivity contribution in [3.8, 4) is 0 Å². The van der Waals surface area contributed by atoms with Crippen molar-refractivity contribution in [2.24, 2.45) is 0 Å². The van der Waals surface area contributed by atoms with Gasteiger partial charge in [-0.1, -0.05) is 17.7 Å². The van der Waals surface area contributed by atoms with E-state index in [-0.39, 0.29) is 12.7 Å². The van der Waals surface area contributed by atoms with Gasteiger partial charge in [-0.05, 0) is 62.1 Å². The predicted octanol–water partition coefficient (Wildman–Crippen LogP) is 5.55. The highest BCUT2D eigenvalue weighted by molar-refractivity contribution is 7.80. The van der Waals surface area contributed by atoms with Crippen molar-refractivity contribution in [1.29, 1.82) is 0 Å². The van der Waals surface area contributed by atoms with Crippen molar-refractivity contribution >= 4 is 18.7 Å². The number of aryl methyl sites for hydroxylation is 2. The molecule has 0 atom stereocenters. The van der Waals surface area contributed by atoms with Gasteiger partial charge in [-0.2, -0.15) is 0 Å². The molecule has 2 fully saturated rings. The van der Waals surface area contributed by atoms with Gasteiger partial charge in [-0.3, -0.25) is 0 Å². The smallest absolute Gasteiger partial charge is 0.409 e. The molecule has 0 radical (unpaired) electrons. The number of nitrogens with zero attached hydrogens (tertiary/aromatic N) is 1. The van der Waals surface area contributed by atoms with Crippen LogP contribution in [0.4, 0.5) is 13.6 Å². The van der Waals surface area contributed by atoms with Crippen LogP contribution in [0.1, 0.15) is 36.8 Å². The Morgan fingerprint density at radius 2 is 1.76 bits per heavy atom. The molecule has 1 spiro atoms. The number of carbonyl (C=O) groups excluding carboxylic acids is 1. The third-order valence-electron chi connectivity index (χ3n) is 5.66. The molecule has 0 N–H and O–H groups in total. The Hall–Kier alpha value is -2.16. The van der Waals surface area contributed by atoms with Crippen LogP contribution in [0, 0.1) is 18.6 Å². The molecule has 2 aliphatic heterocycles. The third kappa shape index (κ3) is 7.98. The normalized spacial score (nSPS) is 17.3. The van der Waals surface area contributed by atoms with Crippen LogP contribution in [0.25, 0.3) is 0 Å². The fraction of sp³-hybridized carbons (Fsp3) is 0.480. The highest BCUT2D eigenvalue weighted by Gasteiger charge is 2.39. The van der Waals surface area contributed by atoms with E-state index in [2.05, 4.69) is 19.6 Å². The van der Waals surface area contributed by atoms with Crippen LogP contribution < -0.4 is 0 Å². The summed E-state index contributed by atoms with van der Waals surface area (Å²) in [5.41, 5.74) is 1.57. The number of piperidine rings is 1. The summed E-state index contributed by atoms with van der Waals surface area (Å²) in [6.45, 7) is 4.67. The molecule has 2 saturated heterocycles. The Bertz CT molecular complexity index is 873.